The highest BCUT2D eigenvalue weighted by molar-refractivity contribution is 6.74. The van der Waals surface area contributed by atoms with Gasteiger partial charge in [-0.2, -0.15) is 0 Å². The highest BCUT2D eigenvalue weighted by atomic mass is 28.4. The number of rotatable bonds is 0. The molecule has 0 amide bonds. The van der Waals surface area contributed by atoms with E-state index in [9.17, 15) is 0 Å². The Balaban J connectivity index is 2.70. The van der Waals surface area contributed by atoms with Gasteiger partial charge < -0.3 is 4.43 Å². The molecule has 0 aromatic rings. The van der Waals surface area contributed by atoms with Crippen LogP contribution in [0, 0.1) is 0 Å². The van der Waals surface area contributed by atoms with Crippen LogP contribution in [0.15, 0.2) is 0 Å². The van der Waals surface area contributed by atoms with Gasteiger partial charge in [0.15, 0.2) is 8.32 Å². The molecule has 1 heterocycles. The molecular weight excluding hydrogens is 272 g/mol. The Hall–Kier alpha value is 0.177. The Labute approximate surface area is 135 Å². The van der Waals surface area contributed by atoms with Crippen molar-refractivity contribution >= 4 is 8.32 Å². The predicted molar refractivity (Wildman–Crippen MR) is 97.5 cm³/mol. The smallest absolute Gasteiger partial charge is 0.193 e. The van der Waals surface area contributed by atoms with Crippen LogP contribution >= 0.6 is 0 Å². The van der Waals surface area contributed by atoms with Gasteiger partial charge in [-0.05, 0) is 44.8 Å². The molecule has 0 unspecified atom stereocenters. The van der Waals surface area contributed by atoms with Crippen LogP contribution < -0.4 is 0 Å². The van der Waals surface area contributed by atoms with Gasteiger partial charge in [0.1, 0.15) is 0 Å². The van der Waals surface area contributed by atoms with Crippen LogP contribution in [0.2, 0.25) is 18.1 Å². The first-order valence-electron chi connectivity index (χ1n) is 9.37. The van der Waals surface area contributed by atoms with Crippen molar-refractivity contribution in [3.63, 3.8) is 0 Å². The van der Waals surface area contributed by atoms with Crippen LogP contribution in [-0.4, -0.2) is 13.9 Å². The average Bonchev–Trinajstić information content (AvgIpc) is 2.33. The van der Waals surface area contributed by atoms with E-state index in [-0.39, 0.29) is 5.60 Å². The molecule has 0 saturated carbocycles. The van der Waals surface area contributed by atoms with Crippen molar-refractivity contribution in [3.8, 4) is 0 Å². The Morgan fingerprint density at radius 3 is 1.48 bits per heavy atom. The fraction of sp³-hybridized carbons (Fsp3) is 1.00. The van der Waals surface area contributed by atoms with E-state index >= 15 is 0 Å². The molecule has 126 valence electrons. The van der Waals surface area contributed by atoms with Gasteiger partial charge in [0.2, 0.25) is 0 Å². The summed E-state index contributed by atoms with van der Waals surface area (Å²) in [6.45, 7) is 14.4. The van der Waals surface area contributed by atoms with E-state index < -0.39 is 8.32 Å². The van der Waals surface area contributed by atoms with Crippen molar-refractivity contribution in [2.45, 2.75) is 122 Å². The van der Waals surface area contributed by atoms with Crippen molar-refractivity contribution < 1.29 is 4.43 Å². The van der Waals surface area contributed by atoms with Gasteiger partial charge in [0.25, 0.3) is 0 Å². The molecule has 1 aliphatic rings. The number of hydrogen-bond donors (Lipinski definition) is 0. The van der Waals surface area contributed by atoms with Crippen molar-refractivity contribution in [1.29, 1.82) is 0 Å². The summed E-state index contributed by atoms with van der Waals surface area (Å²) in [5, 5.41) is 0.379. The molecule has 0 radical (unpaired) electrons. The lowest BCUT2D eigenvalue weighted by molar-refractivity contribution is 0.0776. The summed E-state index contributed by atoms with van der Waals surface area (Å²) in [6, 6.07) is 0. The van der Waals surface area contributed by atoms with E-state index in [1.807, 2.05) is 0 Å². The van der Waals surface area contributed by atoms with E-state index in [1.54, 1.807) is 0 Å². The molecule has 0 aliphatic carbocycles. The van der Waals surface area contributed by atoms with Crippen LogP contribution in [0.3, 0.4) is 0 Å². The molecule has 1 fully saturated rings. The summed E-state index contributed by atoms with van der Waals surface area (Å²) < 4.78 is 6.76. The van der Waals surface area contributed by atoms with Crippen molar-refractivity contribution in [3.05, 3.63) is 0 Å². The van der Waals surface area contributed by atoms with E-state index in [0.717, 1.165) is 0 Å². The normalized spacial score (nSPS) is 28.3. The second-order valence-electron chi connectivity index (χ2n) is 8.94. The fourth-order valence-electron chi connectivity index (χ4n) is 3.54. The molecule has 0 bridgehead atoms. The minimum atomic E-state index is -1.67. The third kappa shape index (κ3) is 6.86. The SMILES string of the molecule is CC1(C)CCCCCCCCCCCC(C)(C)[Si](C)(C)O1. The van der Waals surface area contributed by atoms with E-state index in [0.29, 0.717) is 5.04 Å². The molecule has 0 aromatic heterocycles. The zero-order valence-electron chi connectivity index (χ0n) is 15.7. The summed E-state index contributed by atoms with van der Waals surface area (Å²) in [4.78, 5) is 0. The van der Waals surface area contributed by atoms with Crippen LogP contribution in [0.1, 0.15) is 98.3 Å². The highest BCUT2D eigenvalue weighted by Crippen LogP contribution is 2.45. The highest BCUT2D eigenvalue weighted by Gasteiger charge is 2.43. The second-order valence-corrected chi connectivity index (χ2v) is 13.5. The van der Waals surface area contributed by atoms with Gasteiger partial charge in [-0.3, -0.25) is 0 Å². The van der Waals surface area contributed by atoms with E-state index in [4.69, 9.17) is 4.43 Å². The van der Waals surface area contributed by atoms with Gasteiger partial charge in [-0.1, -0.05) is 71.6 Å². The Kier molecular flexibility index (Phi) is 7.46. The maximum Gasteiger partial charge on any atom is 0.193 e. The summed E-state index contributed by atoms with van der Waals surface area (Å²) in [5.41, 5.74) is 0.0627. The minimum Gasteiger partial charge on any atom is -0.412 e. The summed E-state index contributed by atoms with van der Waals surface area (Å²) in [5.74, 6) is 0. The molecule has 21 heavy (non-hydrogen) atoms. The maximum atomic E-state index is 6.76. The quantitative estimate of drug-likeness (QED) is 0.434. The lowest BCUT2D eigenvalue weighted by Crippen LogP contribution is -2.48. The first-order valence-corrected chi connectivity index (χ1v) is 12.3. The summed E-state index contributed by atoms with van der Waals surface area (Å²) in [6.07, 6.45) is 15.3. The minimum absolute atomic E-state index is 0.0627. The first-order chi connectivity index (χ1) is 9.66. The van der Waals surface area contributed by atoms with Crippen LogP contribution in [0.4, 0.5) is 0 Å². The second kappa shape index (κ2) is 8.15. The lowest BCUT2D eigenvalue weighted by atomic mass is 9.99. The molecule has 0 N–H and O–H groups in total. The Bertz CT molecular complexity index is 294. The maximum absolute atomic E-state index is 6.76. The zero-order valence-corrected chi connectivity index (χ0v) is 16.7. The standard InChI is InChI=1S/C19H40OSi/c1-18(2)16-14-12-10-8-7-9-11-13-15-17-19(3,4)21(5,6)20-18/h7-17H2,1-6H3. The summed E-state index contributed by atoms with van der Waals surface area (Å²) in [7, 11) is -1.67. The third-order valence-electron chi connectivity index (χ3n) is 5.74. The van der Waals surface area contributed by atoms with Crippen LogP contribution in [0.25, 0.3) is 0 Å². The van der Waals surface area contributed by atoms with Gasteiger partial charge in [0.05, 0.1) is 5.60 Å². The first kappa shape index (κ1) is 19.2. The monoisotopic (exact) mass is 312 g/mol. The average molecular weight is 313 g/mol. The molecule has 0 aromatic carbocycles. The largest absolute Gasteiger partial charge is 0.412 e. The van der Waals surface area contributed by atoms with Gasteiger partial charge in [-0.25, -0.2) is 0 Å². The molecule has 1 rings (SSSR count). The summed E-state index contributed by atoms with van der Waals surface area (Å²) >= 11 is 0. The van der Waals surface area contributed by atoms with Gasteiger partial charge in [0, 0.05) is 0 Å². The Morgan fingerprint density at radius 1 is 0.619 bits per heavy atom. The molecule has 2 heteroatoms. The van der Waals surface area contributed by atoms with Crippen LogP contribution in [-0.2, 0) is 4.43 Å². The molecule has 0 atom stereocenters. The van der Waals surface area contributed by atoms with Crippen molar-refractivity contribution in [2.24, 2.45) is 0 Å². The lowest BCUT2D eigenvalue weighted by Gasteiger charge is -2.45. The fourth-order valence-corrected chi connectivity index (χ4v) is 6.07. The third-order valence-corrected chi connectivity index (χ3v) is 10.3. The van der Waals surface area contributed by atoms with Crippen LogP contribution in [0.5, 0.6) is 0 Å². The van der Waals surface area contributed by atoms with Gasteiger partial charge in [-0.15, -0.1) is 0 Å². The molecule has 1 nitrogen and oxygen atoms in total. The molecule has 0 spiro atoms. The molecule has 1 saturated heterocycles. The van der Waals surface area contributed by atoms with Gasteiger partial charge >= 0.3 is 0 Å². The number of hydrogen-bond acceptors (Lipinski definition) is 1. The predicted octanol–water partition coefficient (Wildman–Crippen LogP) is 7.07. The van der Waals surface area contributed by atoms with E-state index in [1.165, 1.54) is 70.6 Å². The topological polar surface area (TPSA) is 9.23 Å². The zero-order chi connectivity index (χ0) is 16.0. The molecular formula is C19H40OSi. The molecule has 1 aliphatic heterocycles. The van der Waals surface area contributed by atoms with E-state index in [2.05, 4.69) is 40.8 Å². The van der Waals surface area contributed by atoms with Crippen molar-refractivity contribution in [1.82, 2.24) is 0 Å². The Morgan fingerprint density at radius 2 is 1.00 bits per heavy atom. The van der Waals surface area contributed by atoms with Crippen molar-refractivity contribution in [2.75, 3.05) is 0 Å².